The van der Waals surface area contributed by atoms with Crippen LogP contribution >= 0.6 is 0 Å². The van der Waals surface area contributed by atoms with Crippen LogP contribution in [0.1, 0.15) is 28.0 Å². The predicted molar refractivity (Wildman–Crippen MR) is 130 cm³/mol. The standard InChI is InChI=1S/C25H26F4N6O/c1-14-19(12-31-24(30)32-14)15-4-6-20(26)18(10-15)23(36)33-21-11-16(25(27,28)29)5-7-22(21)35(3)17-8-9-34(2)13-17/h4-7,10-12,17H,8-9,13H2,1-3H3,(H,33,36)(H2,30,31,32)/t17-/m0/s1. The molecule has 0 radical (unpaired) electrons. The lowest BCUT2D eigenvalue weighted by Gasteiger charge is -2.29. The highest BCUT2D eigenvalue weighted by molar-refractivity contribution is 6.07. The molecule has 1 atom stereocenters. The monoisotopic (exact) mass is 502 g/mol. The van der Waals surface area contributed by atoms with Gasteiger partial charge >= 0.3 is 6.18 Å². The van der Waals surface area contributed by atoms with Crippen molar-refractivity contribution in [2.75, 3.05) is 43.1 Å². The highest BCUT2D eigenvalue weighted by atomic mass is 19.4. The molecule has 1 amide bonds. The number of amides is 1. The van der Waals surface area contributed by atoms with Gasteiger partial charge in [-0.2, -0.15) is 13.2 Å². The van der Waals surface area contributed by atoms with Gasteiger partial charge in [0.1, 0.15) is 5.82 Å². The number of hydrogen-bond donors (Lipinski definition) is 2. The number of aromatic nitrogens is 2. The fourth-order valence-electron chi connectivity index (χ4n) is 4.37. The van der Waals surface area contributed by atoms with Crippen molar-refractivity contribution in [1.82, 2.24) is 14.9 Å². The molecule has 4 rings (SSSR count). The summed E-state index contributed by atoms with van der Waals surface area (Å²) in [6.07, 6.45) is -2.33. The molecule has 1 fully saturated rings. The minimum absolute atomic E-state index is 0.0518. The Morgan fingerprint density at radius 1 is 1.22 bits per heavy atom. The number of nitrogens with one attached hydrogen (secondary N) is 1. The van der Waals surface area contributed by atoms with Crippen LogP contribution in [0.15, 0.2) is 42.6 Å². The Kier molecular flexibility index (Phi) is 6.85. The average molecular weight is 503 g/mol. The molecule has 1 aromatic heterocycles. The van der Waals surface area contributed by atoms with Crippen LogP contribution in [-0.4, -0.2) is 54.0 Å². The number of aryl methyl sites for hydroxylation is 1. The Morgan fingerprint density at radius 3 is 2.61 bits per heavy atom. The Morgan fingerprint density at radius 2 is 1.97 bits per heavy atom. The summed E-state index contributed by atoms with van der Waals surface area (Å²) in [5, 5.41) is 2.51. The number of alkyl halides is 3. The van der Waals surface area contributed by atoms with Crippen molar-refractivity contribution < 1.29 is 22.4 Å². The number of carbonyl (C=O) groups is 1. The van der Waals surface area contributed by atoms with Gasteiger partial charge in [-0.15, -0.1) is 0 Å². The molecular formula is C25H26F4N6O. The van der Waals surface area contributed by atoms with Gasteiger partial charge in [-0.25, -0.2) is 14.4 Å². The number of rotatable bonds is 5. The van der Waals surface area contributed by atoms with E-state index in [1.807, 2.05) is 11.9 Å². The van der Waals surface area contributed by atoms with Gasteiger partial charge in [0.2, 0.25) is 5.95 Å². The Balaban J connectivity index is 1.70. The van der Waals surface area contributed by atoms with Crippen molar-refractivity contribution in [2.24, 2.45) is 0 Å². The molecule has 1 aliphatic rings. The maximum Gasteiger partial charge on any atom is 0.416 e. The van der Waals surface area contributed by atoms with Crippen LogP contribution in [0.3, 0.4) is 0 Å². The van der Waals surface area contributed by atoms with Crippen molar-refractivity contribution in [3.63, 3.8) is 0 Å². The highest BCUT2D eigenvalue weighted by Gasteiger charge is 2.33. The van der Waals surface area contributed by atoms with Crippen LogP contribution in [0.2, 0.25) is 0 Å². The van der Waals surface area contributed by atoms with Crippen LogP contribution in [0.4, 0.5) is 34.9 Å². The highest BCUT2D eigenvalue weighted by Crippen LogP contribution is 2.37. The molecule has 2 aromatic carbocycles. The van der Waals surface area contributed by atoms with Crippen LogP contribution in [0.25, 0.3) is 11.1 Å². The summed E-state index contributed by atoms with van der Waals surface area (Å²) in [4.78, 5) is 25.1. The number of nitrogens with zero attached hydrogens (tertiary/aromatic N) is 4. The number of anilines is 3. The summed E-state index contributed by atoms with van der Waals surface area (Å²) >= 11 is 0. The van der Waals surface area contributed by atoms with Crippen molar-refractivity contribution in [3.8, 4) is 11.1 Å². The molecule has 1 saturated heterocycles. The van der Waals surface area contributed by atoms with Crippen LogP contribution in [0.5, 0.6) is 0 Å². The minimum atomic E-state index is -4.61. The van der Waals surface area contributed by atoms with E-state index in [0.717, 1.165) is 37.7 Å². The number of nitrogens with two attached hydrogens (primary N) is 1. The summed E-state index contributed by atoms with van der Waals surface area (Å²) in [6.45, 7) is 3.27. The molecule has 190 valence electrons. The lowest BCUT2D eigenvalue weighted by Crippen LogP contribution is -2.34. The van der Waals surface area contributed by atoms with E-state index in [1.165, 1.54) is 24.4 Å². The SMILES string of the molecule is Cc1nc(N)ncc1-c1ccc(F)c(C(=O)Nc2cc(C(F)(F)F)ccc2N(C)[C@H]2CCN(C)C2)c1. The Labute approximate surface area is 205 Å². The molecule has 7 nitrogen and oxygen atoms in total. The fourth-order valence-corrected chi connectivity index (χ4v) is 4.37. The summed E-state index contributed by atoms with van der Waals surface area (Å²) in [5.74, 6) is -1.61. The molecule has 11 heteroatoms. The molecular weight excluding hydrogens is 476 g/mol. The van der Waals surface area contributed by atoms with Crippen LogP contribution < -0.4 is 16.0 Å². The van der Waals surface area contributed by atoms with Crippen LogP contribution in [0, 0.1) is 12.7 Å². The van der Waals surface area contributed by atoms with Gasteiger partial charge in [-0.1, -0.05) is 6.07 Å². The maximum atomic E-state index is 14.7. The zero-order valence-corrected chi connectivity index (χ0v) is 20.0. The molecule has 0 bridgehead atoms. The minimum Gasteiger partial charge on any atom is -0.369 e. The first kappa shape index (κ1) is 25.4. The Bertz CT molecular complexity index is 1300. The van der Waals surface area contributed by atoms with Gasteiger partial charge < -0.3 is 20.9 Å². The zero-order valence-electron chi connectivity index (χ0n) is 20.0. The second kappa shape index (κ2) is 9.73. The van der Waals surface area contributed by atoms with Crippen molar-refractivity contribution in [1.29, 1.82) is 0 Å². The quantitative estimate of drug-likeness (QED) is 0.497. The number of nitrogen functional groups attached to an aromatic ring is 1. The number of hydrogen-bond acceptors (Lipinski definition) is 6. The van der Waals surface area contributed by atoms with E-state index in [9.17, 15) is 22.4 Å². The van der Waals surface area contributed by atoms with Gasteiger partial charge in [-0.3, -0.25) is 4.79 Å². The predicted octanol–water partition coefficient (Wildman–Crippen LogP) is 4.58. The van der Waals surface area contributed by atoms with Crippen molar-refractivity contribution in [3.05, 3.63) is 65.2 Å². The molecule has 3 aromatic rings. The van der Waals surface area contributed by atoms with Gasteiger partial charge in [-0.05, 0) is 62.8 Å². The van der Waals surface area contributed by atoms with Crippen LogP contribution in [-0.2, 0) is 6.18 Å². The first-order valence-electron chi connectivity index (χ1n) is 11.3. The lowest BCUT2D eigenvalue weighted by atomic mass is 10.0. The molecule has 0 saturated carbocycles. The van der Waals surface area contributed by atoms with E-state index in [1.54, 1.807) is 14.0 Å². The third-order valence-corrected chi connectivity index (χ3v) is 6.39. The molecule has 0 unspecified atom stereocenters. The molecule has 0 spiro atoms. The van der Waals surface area contributed by atoms with E-state index in [4.69, 9.17) is 5.73 Å². The van der Waals surface area contributed by atoms with E-state index in [2.05, 4.69) is 20.2 Å². The smallest absolute Gasteiger partial charge is 0.369 e. The average Bonchev–Trinajstić information content (AvgIpc) is 3.25. The lowest BCUT2D eigenvalue weighted by molar-refractivity contribution is -0.137. The third-order valence-electron chi connectivity index (χ3n) is 6.39. The molecule has 3 N–H and O–H groups in total. The van der Waals surface area contributed by atoms with Gasteiger partial charge in [0.05, 0.1) is 28.2 Å². The normalized spacial score (nSPS) is 16.2. The van der Waals surface area contributed by atoms with E-state index in [0.29, 0.717) is 22.5 Å². The number of likely N-dealkylation sites (tertiary alicyclic amines) is 1. The van der Waals surface area contributed by atoms with Crippen molar-refractivity contribution in [2.45, 2.75) is 25.6 Å². The first-order chi connectivity index (χ1) is 16.9. The number of carbonyl (C=O) groups excluding carboxylic acids is 1. The number of halogens is 4. The summed E-state index contributed by atoms with van der Waals surface area (Å²) in [5.41, 5.74) is 6.26. The second-order valence-electron chi connectivity index (χ2n) is 8.92. The topological polar surface area (TPSA) is 87.4 Å². The van der Waals surface area contributed by atoms with Gasteiger partial charge in [0.25, 0.3) is 5.91 Å². The molecule has 36 heavy (non-hydrogen) atoms. The van der Waals surface area contributed by atoms with Crippen molar-refractivity contribution >= 4 is 23.2 Å². The molecule has 2 heterocycles. The number of likely N-dealkylation sites (N-methyl/N-ethyl adjacent to an activating group) is 2. The number of benzene rings is 2. The van der Waals surface area contributed by atoms with E-state index in [-0.39, 0.29) is 23.2 Å². The zero-order chi connectivity index (χ0) is 26.2. The molecule has 0 aliphatic carbocycles. The maximum absolute atomic E-state index is 14.7. The largest absolute Gasteiger partial charge is 0.416 e. The van der Waals surface area contributed by atoms with Gasteiger partial charge in [0.15, 0.2) is 0 Å². The fraction of sp³-hybridized carbons (Fsp3) is 0.320. The second-order valence-corrected chi connectivity index (χ2v) is 8.92. The third kappa shape index (κ3) is 5.25. The summed E-state index contributed by atoms with van der Waals surface area (Å²) in [6, 6.07) is 7.14. The Hall–Kier alpha value is -3.73. The van der Waals surface area contributed by atoms with E-state index >= 15 is 0 Å². The summed E-state index contributed by atoms with van der Waals surface area (Å²) < 4.78 is 55.1. The molecule has 1 aliphatic heterocycles. The van der Waals surface area contributed by atoms with E-state index < -0.39 is 23.5 Å². The first-order valence-corrected chi connectivity index (χ1v) is 11.3. The summed E-state index contributed by atoms with van der Waals surface area (Å²) in [7, 11) is 3.74. The van der Waals surface area contributed by atoms with Gasteiger partial charge in [0, 0.05) is 31.4 Å².